The molecule has 17 heavy (non-hydrogen) atoms. The molecule has 88 valence electrons. The quantitative estimate of drug-likeness (QED) is 0.810. The standard InChI is InChI=1S/C13H11BrClNO/c1-8-6-10(16)3-5-12(8)17-13-4-2-9(14)7-11(13)15/h2-7H,16H2,1H3. The number of ether oxygens (including phenoxy) is 1. The van der Waals surface area contributed by atoms with E-state index in [0.29, 0.717) is 10.8 Å². The maximum atomic E-state index is 6.08. The van der Waals surface area contributed by atoms with Crippen molar-refractivity contribution in [3.05, 3.63) is 51.5 Å². The van der Waals surface area contributed by atoms with Crippen LogP contribution in [-0.4, -0.2) is 0 Å². The van der Waals surface area contributed by atoms with E-state index >= 15 is 0 Å². The predicted molar refractivity (Wildman–Crippen MR) is 74.8 cm³/mol. The van der Waals surface area contributed by atoms with E-state index in [1.807, 2.05) is 31.2 Å². The van der Waals surface area contributed by atoms with Crippen molar-refractivity contribution in [1.29, 1.82) is 0 Å². The predicted octanol–water partition coefficient (Wildman–Crippen LogP) is 4.79. The third kappa shape index (κ3) is 2.93. The number of nitrogens with two attached hydrogens (primary N) is 1. The molecule has 0 aromatic heterocycles. The lowest BCUT2D eigenvalue weighted by atomic mass is 10.2. The Balaban J connectivity index is 2.31. The number of benzene rings is 2. The van der Waals surface area contributed by atoms with Crippen molar-refractivity contribution in [2.75, 3.05) is 5.73 Å². The maximum absolute atomic E-state index is 6.08. The highest BCUT2D eigenvalue weighted by Crippen LogP contribution is 2.33. The van der Waals surface area contributed by atoms with Crippen LogP contribution in [0.2, 0.25) is 5.02 Å². The number of rotatable bonds is 2. The summed E-state index contributed by atoms with van der Waals surface area (Å²) in [6, 6.07) is 11.0. The Labute approximate surface area is 113 Å². The van der Waals surface area contributed by atoms with Crippen molar-refractivity contribution in [3.8, 4) is 11.5 Å². The van der Waals surface area contributed by atoms with Crippen molar-refractivity contribution >= 4 is 33.2 Å². The molecular formula is C13H11BrClNO. The molecule has 0 radical (unpaired) electrons. The molecule has 0 fully saturated rings. The van der Waals surface area contributed by atoms with E-state index in [0.717, 1.165) is 21.5 Å². The largest absolute Gasteiger partial charge is 0.456 e. The molecule has 0 atom stereocenters. The SMILES string of the molecule is Cc1cc(N)ccc1Oc1ccc(Br)cc1Cl. The Hall–Kier alpha value is -1.19. The highest BCUT2D eigenvalue weighted by Gasteiger charge is 2.06. The van der Waals surface area contributed by atoms with Gasteiger partial charge < -0.3 is 10.5 Å². The average Bonchev–Trinajstić information content (AvgIpc) is 2.25. The first-order valence-corrected chi connectivity index (χ1v) is 6.22. The smallest absolute Gasteiger partial charge is 0.146 e. The molecule has 0 spiro atoms. The van der Waals surface area contributed by atoms with E-state index in [9.17, 15) is 0 Å². The normalized spacial score (nSPS) is 10.3. The number of anilines is 1. The summed E-state index contributed by atoms with van der Waals surface area (Å²) in [6.07, 6.45) is 0. The fraction of sp³-hybridized carbons (Fsp3) is 0.0769. The molecule has 0 unspecified atom stereocenters. The van der Waals surface area contributed by atoms with Crippen LogP contribution >= 0.6 is 27.5 Å². The van der Waals surface area contributed by atoms with E-state index < -0.39 is 0 Å². The van der Waals surface area contributed by atoms with Crippen LogP contribution in [0.15, 0.2) is 40.9 Å². The molecule has 2 rings (SSSR count). The van der Waals surface area contributed by atoms with Crippen molar-refractivity contribution in [1.82, 2.24) is 0 Å². The van der Waals surface area contributed by atoms with Gasteiger partial charge in [0.2, 0.25) is 0 Å². The summed E-state index contributed by atoms with van der Waals surface area (Å²) in [5.74, 6) is 1.38. The molecule has 0 aliphatic rings. The summed E-state index contributed by atoms with van der Waals surface area (Å²) in [5, 5.41) is 0.565. The van der Waals surface area contributed by atoms with Crippen molar-refractivity contribution in [2.24, 2.45) is 0 Å². The Kier molecular flexibility index (Phi) is 3.60. The summed E-state index contributed by atoms with van der Waals surface area (Å²) in [4.78, 5) is 0. The second kappa shape index (κ2) is 4.98. The van der Waals surface area contributed by atoms with E-state index in [1.165, 1.54) is 0 Å². The van der Waals surface area contributed by atoms with Crippen molar-refractivity contribution in [2.45, 2.75) is 6.92 Å². The van der Waals surface area contributed by atoms with Crippen LogP contribution in [0.1, 0.15) is 5.56 Å². The third-order valence-corrected chi connectivity index (χ3v) is 3.10. The van der Waals surface area contributed by atoms with Crippen LogP contribution in [0.4, 0.5) is 5.69 Å². The Morgan fingerprint density at radius 3 is 2.47 bits per heavy atom. The fourth-order valence-corrected chi connectivity index (χ4v) is 2.18. The minimum atomic E-state index is 0.565. The molecule has 4 heteroatoms. The molecule has 0 aliphatic heterocycles. The lowest BCUT2D eigenvalue weighted by Crippen LogP contribution is -1.91. The molecule has 0 heterocycles. The molecular weight excluding hydrogens is 302 g/mol. The number of hydrogen-bond acceptors (Lipinski definition) is 2. The van der Waals surface area contributed by atoms with E-state index in [1.54, 1.807) is 12.1 Å². The molecule has 0 bridgehead atoms. The van der Waals surface area contributed by atoms with Gasteiger partial charge in [0.05, 0.1) is 5.02 Å². The van der Waals surface area contributed by atoms with Crippen LogP contribution in [0.25, 0.3) is 0 Å². The number of hydrogen-bond donors (Lipinski definition) is 1. The van der Waals surface area contributed by atoms with Gasteiger partial charge in [0.1, 0.15) is 11.5 Å². The molecule has 2 aromatic rings. The molecule has 0 saturated heterocycles. The van der Waals surface area contributed by atoms with Gasteiger partial charge >= 0.3 is 0 Å². The van der Waals surface area contributed by atoms with Gasteiger partial charge in [-0.05, 0) is 48.9 Å². The topological polar surface area (TPSA) is 35.2 Å². The van der Waals surface area contributed by atoms with Gasteiger partial charge in [-0.15, -0.1) is 0 Å². The third-order valence-electron chi connectivity index (χ3n) is 2.31. The monoisotopic (exact) mass is 311 g/mol. The zero-order valence-electron chi connectivity index (χ0n) is 9.21. The number of aryl methyl sites for hydroxylation is 1. The second-order valence-corrected chi connectivity index (χ2v) is 5.02. The summed E-state index contributed by atoms with van der Waals surface area (Å²) in [5.41, 5.74) is 7.38. The van der Waals surface area contributed by atoms with Gasteiger partial charge in [-0.1, -0.05) is 27.5 Å². The van der Waals surface area contributed by atoms with Crippen LogP contribution in [-0.2, 0) is 0 Å². The van der Waals surface area contributed by atoms with Crippen LogP contribution in [0, 0.1) is 6.92 Å². The minimum Gasteiger partial charge on any atom is -0.456 e. The highest BCUT2D eigenvalue weighted by atomic mass is 79.9. The summed E-state index contributed by atoms with van der Waals surface area (Å²) in [7, 11) is 0. The van der Waals surface area contributed by atoms with Crippen LogP contribution < -0.4 is 10.5 Å². The highest BCUT2D eigenvalue weighted by molar-refractivity contribution is 9.10. The molecule has 2 nitrogen and oxygen atoms in total. The van der Waals surface area contributed by atoms with E-state index in [-0.39, 0.29) is 0 Å². The fourth-order valence-electron chi connectivity index (χ4n) is 1.46. The van der Waals surface area contributed by atoms with Crippen LogP contribution in [0.5, 0.6) is 11.5 Å². The Morgan fingerprint density at radius 2 is 1.82 bits per heavy atom. The van der Waals surface area contributed by atoms with Crippen LogP contribution in [0.3, 0.4) is 0 Å². The molecule has 0 saturated carbocycles. The zero-order valence-corrected chi connectivity index (χ0v) is 11.5. The van der Waals surface area contributed by atoms with E-state index in [4.69, 9.17) is 22.1 Å². The first-order valence-electron chi connectivity index (χ1n) is 5.05. The van der Waals surface area contributed by atoms with Gasteiger partial charge in [0.15, 0.2) is 0 Å². The average molecular weight is 313 g/mol. The summed E-state index contributed by atoms with van der Waals surface area (Å²) in [6.45, 7) is 1.94. The first kappa shape index (κ1) is 12.3. The van der Waals surface area contributed by atoms with E-state index in [2.05, 4.69) is 15.9 Å². The molecule has 2 N–H and O–H groups in total. The summed E-state index contributed by atoms with van der Waals surface area (Å²) >= 11 is 9.43. The lowest BCUT2D eigenvalue weighted by molar-refractivity contribution is 0.479. The molecule has 2 aromatic carbocycles. The molecule has 0 aliphatic carbocycles. The minimum absolute atomic E-state index is 0.565. The van der Waals surface area contributed by atoms with Gasteiger partial charge in [-0.3, -0.25) is 0 Å². The first-order chi connectivity index (χ1) is 8.06. The maximum Gasteiger partial charge on any atom is 0.146 e. The van der Waals surface area contributed by atoms with Crippen molar-refractivity contribution < 1.29 is 4.74 Å². The lowest BCUT2D eigenvalue weighted by Gasteiger charge is -2.10. The van der Waals surface area contributed by atoms with Gasteiger partial charge in [0.25, 0.3) is 0 Å². The Bertz CT molecular complexity index is 508. The summed E-state index contributed by atoms with van der Waals surface area (Å²) < 4.78 is 6.66. The second-order valence-electron chi connectivity index (χ2n) is 3.70. The Morgan fingerprint density at radius 1 is 1.12 bits per heavy atom. The number of halogens is 2. The van der Waals surface area contributed by atoms with Crippen molar-refractivity contribution in [3.63, 3.8) is 0 Å². The van der Waals surface area contributed by atoms with Gasteiger partial charge in [-0.25, -0.2) is 0 Å². The van der Waals surface area contributed by atoms with Gasteiger partial charge in [0, 0.05) is 10.2 Å². The number of nitrogen functional groups attached to an aromatic ring is 1. The van der Waals surface area contributed by atoms with Gasteiger partial charge in [-0.2, -0.15) is 0 Å². The zero-order chi connectivity index (χ0) is 12.4. The molecule has 0 amide bonds.